The van der Waals surface area contributed by atoms with E-state index in [0.29, 0.717) is 11.4 Å². The molecule has 0 aliphatic rings. The highest BCUT2D eigenvalue weighted by Gasteiger charge is 2.13. The maximum atomic E-state index is 13.0. The van der Waals surface area contributed by atoms with E-state index in [1.807, 2.05) is 31.2 Å². The van der Waals surface area contributed by atoms with Crippen molar-refractivity contribution in [3.63, 3.8) is 0 Å². The Morgan fingerprint density at radius 1 is 1.10 bits per heavy atom. The van der Waals surface area contributed by atoms with Crippen molar-refractivity contribution in [1.29, 1.82) is 0 Å². The van der Waals surface area contributed by atoms with Gasteiger partial charge in [0, 0.05) is 11.3 Å². The van der Waals surface area contributed by atoms with Gasteiger partial charge in [-0.2, -0.15) is 4.98 Å². The Bertz CT molecular complexity index is 750. The lowest BCUT2D eigenvalue weighted by atomic mass is 10.1. The van der Waals surface area contributed by atoms with Crippen molar-refractivity contribution < 1.29 is 8.91 Å². The van der Waals surface area contributed by atoms with E-state index < -0.39 is 5.82 Å². The molecule has 2 N–H and O–H groups in total. The Morgan fingerprint density at radius 3 is 2.55 bits per heavy atom. The standard InChI is InChI=1S/C15H12FN3O/c1-9-2-4-10(5-3-9)14-18-15(20-19-14)12-7-6-11(16)8-13(12)17/h2-8H,17H2,1H3. The zero-order chi connectivity index (χ0) is 14.1. The average molecular weight is 269 g/mol. The Balaban J connectivity index is 1.99. The number of nitrogen functional groups attached to an aromatic ring is 1. The van der Waals surface area contributed by atoms with Gasteiger partial charge >= 0.3 is 0 Å². The second kappa shape index (κ2) is 4.77. The van der Waals surface area contributed by atoms with Gasteiger partial charge in [-0.1, -0.05) is 35.0 Å². The minimum Gasteiger partial charge on any atom is -0.398 e. The molecule has 0 aliphatic heterocycles. The van der Waals surface area contributed by atoms with Gasteiger partial charge in [0.15, 0.2) is 0 Å². The molecule has 3 rings (SSSR count). The molecule has 3 aromatic rings. The number of aryl methyl sites for hydroxylation is 1. The third-order valence-electron chi connectivity index (χ3n) is 2.98. The van der Waals surface area contributed by atoms with E-state index in [1.54, 1.807) is 0 Å². The second-order valence-corrected chi connectivity index (χ2v) is 4.52. The Kier molecular flexibility index (Phi) is 2.95. The van der Waals surface area contributed by atoms with Crippen molar-refractivity contribution in [2.75, 3.05) is 5.73 Å². The Hall–Kier alpha value is -2.69. The van der Waals surface area contributed by atoms with Gasteiger partial charge in [-0.15, -0.1) is 0 Å². The van der Waals surface area contributed by atoms with Crippen LogP contribution in [0.4, 0.5) is 10.1 Å². The summed E-state index contributed by atoms with van der Waals surface area (Å²) in [4.78, 5) is 4.29. The largest absolute Gasteiger partial charge is 0.398 e. The molecule has 0 amide bonds. The molecule has 20 heavy (non-hydrogen) atoms. The van der Waals surface area contributed by atoms with Crippen LogP contribution in [0.15, 0.2) is 47.0 Å². The van der Waals surface area contributed by atoms with E-state index in [1.165, 1.54) is 18.2 Å². The Labute approximate surface area is 115 Å². The lowest BCUT2D eigenvalue weighted by molar-refractivity contribution is 0.432. The van der Waals surface area contributed by atoms with Crippen molar-refractivity contribution in [1.82, 2.24) is 10.1 Å². The summed E-state index contributed by atoms with van der Waals surface area (Å²) in [5, 5.41) is 3.92. The summed E-state index contributed by atoms with van der Waals surface area (Å²) in [6.07, 6.45) is 0. The molecule has 0 fully saturated rings. The van der Waals surface area contributed by atoms with Crippen LogP contribution in [0.1, 0.15) is 5.56 Å². The quantitative estimate of drug-likeness (QED) is 0.724. The lowest BCUT2D eigenvalue weighted by Crippen LogP contribution is -1.91. The van der Waals surface area contributed by atoms with Crippen LogP contribution in [0.3, 0.4) is 0 Å². The fraction of sp³-hybridized carbons (Fsp3) is 0.0667. The monoisotopic (exact) mass is 269 g/mol. The first-order valence-electron chi connectivity index (χ1n) is 6.09. The van der Waals surface area contributed by atoms with Gasteiger partial charge < -0.3 is 10.3 Å². The number of nitrogens with zero attached hydrogens (tertiary/aromatic N) is 2. The van der Waals surface area contributed by atoms with Crippen molar-refractivity contribution in [2.45, 2.75) is 6.92 Å². The van der Waals surface area contributed by atoms with Gasteiger partial charge in [-0.25, -0.2) is 4.39 Å². The van der Waals surface area contributed by atoms with Crippen LogP contribution in [-0.4, -0.2) is 10.1 Å². The molecule has 1 aromatic heterocycles. The first-order chi connectivity index (χ1) is 9.63. The second-order valence-electron chi connectivity index (χ2n) is 4.52. The summed E-state index contributed by atoms with van der Waals surface area (Å²) in [6, 6.07) is 11.8. The highest BCUT2D eigenvalue weighted by atomic mass is 19.1. The molecule has 5 heteroatoms. The van der Waals surface area contributed by atoms with Crippen LogP contribution in [-0.2, 0) is 0 Å². The molecule has 2 aromatic carbocycles. The molecule has 1 heterocycles. The molecule has 0 aliphatic carbocycles. The number of benzene rings is 2. The molecule has 0 saturated heterocycles. The number of nitrogens with two attached hydrogens (primary N) is 1. The van der Waals surface area contributed by atoms with Gasteiger partial charge in [-0.05, 0) is 25.1 Å². The van der Waals surface area contributed by atoms with Gasteiger partial charge in [0.25, 0.3) is 5.89 Å². The molecule has 100 valence electrons. The highest BCUT2D eigenvalue weighted by Crippen LogP contribution is 2.27. The first kappa shape index (κ1) is 12.3. The molecule has 0 atom stereocenters. The van der Waals surface area contributed by atoms with Crippen molar-refractivity contribution in [3.8, 4) is 22.8 Å². The lowest BCUT2D eigenvalue weighted by Gasteiger charge is -1.99. The van der Waals surface area contributed by atoms with Crippen molar-refractivity contribution >= 4 is 5.69 Å². The number of halogens is 1. The van der Waals surface area contributed by atoms with Crippen LogP contribution in [0.25, 0.3) is 22.8 Å². The minimum atomic E-state index is -0.399. The van der Waals surface area contributed by atoms with Gasteiger partial charge in [0.1, 0.15) is 5.82 Å². The van der Waals surface area contributed by atoms with E-state index in [9.17, 15) is 4.39 Å². The van der Waals surface area contributed by atoms with Crippen LogP contribution in [0.5, 0.6) is 0 Å². The zero-order valence-corrected chi connectivity index (χ0v) is 10.8. The molecule has 0 saturated carbocycles. The van der Waals surface area contributed by atoms with Crippen LogP contribution in [0.2, 0.25) is 0 Å². The molecular formula is C15H12FN3O. The zero-order valence-electron chi connectivity index (χ0n) is 10.8. The third kappa shape index (κ3) is 2.25. The summed E-state index contributed by atoms with van der Waals surface area (Å²) >= 11 is 0. The SMILES string of the molecule is Cc1ccc(-c2noc(-c3ccc(F)cc3N)n2)cc1. The number of rotatable bonds is 2. The third-order valence-corrected chi connectivity index (χ3v) is 2.98. The maximum absolute atomic E-state index is 13.0. The first-order valence-corrected chi connectivity index (χ1v) is 6.09. The minimum absolute atomic E-state index is 0.268. The fourth-order valence-electron chi connectivity index (χ4n) is 1.88. The number of aromatic nitrogens is 2. The summed E-state index contributed by atoms with van der Waals surface area (Å²) in [6.45, 7) is 2.00. The number of hydrogen-bond donors (Lipinski definition) is 1. The predicted molar refractivity (Wildman–Crippen MR) is 74.3 cm³/mol. The highest BCUT2D eigenvalue weighted by molar-refractivity contribution is 5.71. The molecule has 0 unspecified atom stereocenters. The Morgan fingerprint density at radius 2 is 1.85 bits per heavy atom. The predicted octanol–water partition coefficient (Wildman–Crippen LogP) is 3.43. The van der Waals surface area contributed by atoms with Gasteiger partial charge in [0.2, 0.25) is 5.82 Å². The summed E-state index contributed by atoms with van der Waals surface area (Å²) < 4.78 is 18.2. The summed E-state index contributed by atoms with van der Waals surface area (Å²) in [7, 11) is 0. The summed E-state index contributed by atoms with van der Waals surface area (Å²) in [5.41, 5.74) is 8.55. The van der Waals surface area contributed by atoms with Crippen LogP contribution in [0, 0.1) is 12.7 Å². The van der Waals surface area contributed by atoms with E-state index in [2.05, 4.69) is 10.1 Å². The summed E-state index contributed by atoms with van der Waals surface area (Å²) in [5.74, 6) is 0.353. The van der Waals surface area contributed by atoms with Gasteiger partial charge in [-0.3, -0.25) is 0 Å². The maximum Gasteiger partial charge on any atom is 0.260 e. The van der Waals surface area contributed by atoms with Crippen molar-refractivity contribution in [3.05, 3.63) is 53.8 Å². The molecule has 4 nitrogen and oxygen atoms in total. The van der Waals surface area contributed by atoms with E-state index in [4.69, 9.17) is 10.3 Å². The number of anilines is 1. The van der Waals surface area contributed by atoms with Crippen LogP contribution < -0.4 is 5.73 Å². The van der Waals surface area contributed by atoms with E-state index >= 15 is 0 Å². The average Bonchev–Trinajstić information content (AvgIpc) is 2.89. The molecule has 0 spiro atoms. The molecular weight excluding hydrogens is 257 g/mol. The molecule has 0 radical (unpaired) electrons. The van der Waals surface area contributed by atoms with Gasteiger partial charge in [0.05, 0.1) is 5.56 Å². The van der Waals surface area contributed by atoms with Crippen molar-refractivity contribution in [2.24, 2.45) is 0 Å². The van der Waals surface area contributed by atoms with E-state index in [0.717, 1.165) is 11.1 Å². The number of hydrogen-bond acceptors (Lipinski definition) is 4. The fourth-order valence-corrected chi connectivity index (χ4v) is 1.88. The smallest absolute Gasteiger partial charge is 0.260 e. The normalized spacial score (nSPS) is 10.7. The van der Waals surface area contributed by atoms with Crippen LogP contribution >= 0.6 is 0 Å². The van der Waals surface area contributed by atoms with E-state index in [-0.39, 0.29) is 11.6 Å². The topological polar surface area (TPSA) is 64.9 Å². The molecule has 0 bridgehead atoms.